The summed E-state index contributed by atoms with van der Waals surface area (Å²) in [5, 5.41) is 10.7. The Bertz CT molecular complexity index is 1600. The quantitative estimate of drug-likeness (QED) is 0.312. The van der Waals surface area contributed by atoms with E-state index in [2.05, 4.69) is 0 Å². The van der Waals surface area contributed by atoms with Crippen LogP contribution in [0.4, 0.5) is 0 Å². The number of phenols is 1. The fraction of sp³-hybridized carbons (Fsp3) is 0.179. The number of fused-ring (bicyclic) bond motifs is 3. The first-order chi connectivity index (χ1) is 17.9. The third kappa shape index (κ3) is 4.04. The highest BCUT2D eigenvalue weighted by atomic mass is 16.5. The van der Waals surface area contributed by atoms with Crippen LogP contribution in [-0.2, 0) is 9.53 Å². The van der Waals surface area contributed by atoms with E-state index in [1.165, 1.54) is 33.7 Å². The van der Waals surface area contributed by atoms with Gasteiger partial charge in [-0.2, -0.15) is 0 Å². The monoisotopic (exact) mass is 502 g/mol. The molecule has 0 aliphatic carbocycles. The SMILES string of the molecule is COC(=O)c1ccc([C@H]2CC(=O)Oc3cc(O)c4c(=O)c(-c5ccc(OC)c(OC)c5)coc4c32)cc1. The Morgan fingerprint density at radius 3 is 2.38 bits per heavy atom. The second kappa shape index (κ2) is 9.34. The van der Waals surface area contributed by atoms with Crippen LogP contribution in [0.2, 0.25) is 0 Å². The zero-order valence-electron chi connectivity index (χ0n) is 20.2. The summed E-state index contributed by atoms with van der Waals surface area (Å²) in [7, 11) is 4.29. The van der Waals surface area contributed by atoms with Crippen LogP contribution in [0.5, 0.6) is 23.0 Å². The molecule has 0 amide bonds. The third-order valence-electron chi connectivity index (χ3n) is 6.40. The van der Waals surface area contributed by atoms with Crippen molar-refractivity contribution in [3.05, 3.63) is 81.7 Å². The summed E-state index contributed by atoms with van der Waals surface area (Å²) in [5.41, 5.74) is 1.86. The van der Waals surface area contributed by atoms with Crippen molar-refractivity contribution in [2.45, 2.75) is 12.3 Å². The van der Waals surface area contributed by atoms with E-state index in [-0.39, 0.29) is 34.5 Å². The number of carbonyl (C=O) groups excluding carboxylic acids is 2. The van der Waals surface area contributed by atoms with Crippen LogP contribution < -0.4 is 19.6 Å². The molecule has 1 aliphatic heterocycles. The molecular formula is C28H22O9. The normalized spacial score (nSPS) is 14.6. The van der Waals surface area contributed by atoms with E-state index in [1.54, 1.807) is 42.5 Å². The van der Waals surface area contributed by atoms with Gasteiger partial charge in [0.05, 0.1) is 38.9 Å². The van der Waals surface area contributed by atoms with E-state index in [0.717, 1.165) is 0 Å². The van der Waals surface area contributed by atoms with Gasteiger partial charge in [-0.3, -0.25) is 9.59 Å². The molecule has 1 N–H and O–H groups in total. The Kier molecular flexibility index (Phi) is 6.04. The fourth-order valence-corrected chi connectivity index (χ4v) is 4.59. The van der Waals surface area contributed by atoms with Crippen LogP contribution in [0.3, 0.4) is 0 Å². The molecular weight excluding hydrogens is 480 g/mol. The number of esters is 2. The van der Waals surface area contributed by atoms with Crippen molar-refractivity contribution in [2.75, 3.05) is 21.3 Å². The lowest BCUT2D eigenvalue weighted by atomic mass is 9.84. The van der Waals surface area contributed by atoms with Crippen molar-refractivity contribution in [1.29, 1.82) is 0 Å². The highest BCUT2D eigenvalue weighted by Crippen LogP contribution is 2.45. The summed E-state index contributed by atoms with van der Waals surface area (Å²) in [6.07, 6.45) is 1.28. The van der Waals surface area contributed by atoms with Gasteiger partial charge in [0.25, 0.3) is 0 Å². The summed E-state index contributed by atoms with van der Waals surface area (Å²) in [5.74, 6) is -0.879. The number of hydrogen-bond donors (Lipinski definition) is 1. The van der Waals surface area contributed by atoms with Gasteiger partial charge in [0.2, 0.25) is 5.43 Å². The first kappa shape index (κ1) is 23.9. The van der Waals surface area contributed by atoms with Crippen LogP contribution in [0, 0.1) is 0 Å². The molecule has 9 heteroatoms. The van der Waals surface area contributed by atoms with Gasteiger partial charge in [0, 0.05) is 17.5 Å². The standard InChI is InChI=1S/C28H22O9/c1-33-20-9-8-16(10-21(20)34-2)18-13-36-27-24-17(14-4-6-15(7-5-14)28(32)35-3)11-23(30)37-22(24)12-19(29)25(27)26(18)31/h4-10,12-13,17,29H,11H2,1-3H3/t17-/m1/s1. The molecule has 4 aromatic rings. The van der Waals surface area contributed by atoms with Gasteiger partial charge in [0.15, 0.2) is 11.5 Å². The molecule has 37 heavy (non-hydrogen) atoms. The van der Waals surface area contributed by atoms with Crippen molar-refractivity contribution < 1.29 is 38.1 Å². The lowest BCUT2D eigenvalue weighted by molar-refractivity contribution is -0.135. The molecule has 1 aliphatic rings. The average molecular weight is 502 g/mol. The topological polar surface area (TPSA) is 122 Å². The lowest BCUT2D eigenvalue weighted by Crippen LogP contribution is -2.22. The van der Waals surface area contributed by atoms with Crippen LogP contribution in [0.25, 0.3) is 22.1 Å². The molecule has 1 aromatic heterocycles. The molecule has 5 rings (SSSR count). The van der Waals surface area contributed by atoms with Gasteiger partial charge in [-0.05, 0) is 35.4 Å². The second-order valence-electron chi connectivity index (χ2n) is 8.40. The first-order valence-corrected chi connectivity index (χ1v) is 11.3. The number of aromatic hydroxyl groups is 1. The molecule has 188 valence electrons. The van der Waals surface area contributed by atoms with E-state index < -0.39 is 23.3 Å². The predicted octanol–water partition coefficient (Wildman–Crippen LogP) is 4.41. The number of methoxy groups -OCH3 is 3. The Morgan fingerprint density at radius 2 is 1.70 bits per heavy atom. The van der Waals surface area contributed by atoms with Gasteiger partial charge < -0.3 is 28.5 Å². The van der Waals surface area contributed by atoms with Gasteiger partial charge in [-0.15, -0.1) is 0 Å². The van der Waals surface area contributed by atoms with Crippen LogP contribution in [-0.4, -0.2) is 38.4 Å². The summed E-state index contributed by atoms with van der Waals surface area (Å²) in [4.78, 5) is 37.8. The van der Waals surface area contributed by atoms with Gasteiger partial charge in [-0.25, -0.2) is 4.79 Å². The van der Waals surface area contributed by atoms with Gasteiger partial charge in [-0.1, -0.05) is 18.2 Å². The van der Waals surface area contributed by atoms with Crippen molar-refractivity contribution in [3.8, 4) is 34.1 Å². The van der Waals surface area contributed by atoms with E-state index in [0.29, 0.717) is 33.8 Å². The van der Waals surface area contributed by atoms with Crippen LogP contribution >= 0.6 is 0 Å². The number of ether oxygens (including phenoxy) is 4. The minimum absolute atomic E-state index is 0.0222. The first-order valence-electron chi connectivity index (χ1n) is 11.3. The molecule has 0 spiro atoms. The maximum Gasteiger partial charge on any atom is 0.337 e. The fourth-order valence-electron chi connectivity index (χ4n) is 4.59. The Labute approximate surface area is 210 Å². The van der Waals surface area contributed by atoms with E-state index in [9.17, 15) is 19.5 Å². The largest absolute Gasteiger partial charge is 0.507 e. The highest BCUT2D eigenvalue weighted by Gasteiger charge is 2.33. The number of carbonyl (C=O) groups is 2. The number of benzene rings is 3. The van der Waals surface area contributed by atoms with Gasteiger partial charge >= 0.3 is 11.9 Å². The minimum atomic E-state index is -0.541. The van der Waals surface area contributed by atoms with E-state index in [4.69, 9.17) is 23.4 Å². The van der Waals surface area contributed by atoms with Crippen molar-refractivity contribution in [2.24, 2.45) is 0 Å². The van der Waals surface area contributed by atoms with Crippen molar-refractivity contribution in [3.63, 3.8) is 0 Å². The molecule has 9 nitrogen and oxygen atoms in total. The lowest BCUT2D eigenvalue weighted by Gasteiger charge is -2.26. The molecule has 0 saturated carbocycles. The minimum Gasteiger partial charge on any atom is -0.507 e. The maximum absolute atomic E-state index is 13.6. The van der Waals surface area contributed by atoms with E-state index >= 15 is 0 Å². The second-order valence-corrected chi connectivity index (χ2v) is 8.40. The summed E-state index contributed by atoms with van der Waals surface area (Å²) >= 11 is 0. The Balaban J connectivity index is 1.69. The smallest absolute Gasteiger partial charge is 0.337 e. The average Bonchev–Trinajstić information content (AvgIpc) is 2.91. The summed E-state index contributed by atoms with van der Waals surface area (Å²) in [6, 6.07) is 12.8. The summed E-state index contributed by atoms with van der Waals surface area (Å²) < 4.78 is 26.7. The van der Waals surface area contributed by atoms with Gasteiger partial charge in [0.1, 0.15) is 28.7 Å². The van der Waals surface area contributed by atoms with E-state index in [1.807, 2.05) is 0 Å². The highest BCUT2D eigenvalue weighted by molar-refractivity contribution is 5.94. The molecule has 0 radical (unpaired) electrons. The number of rotatable bonds is 5. The van der Waals surface area contributed by atoms with Crippen molar-refractivity contribution >= 4 is 22.9 Å². The Hall–Kier alpha value is -4.79. The Morgan fingerprint density at radius 1 is 0.973 bits per heavy atom. The van der Waals surface area contributed by atoms with Crippen LogP contribution in [0.15, 0.2) is 64.0 Å². The molecule has 0 fully saturated rings. The zero-order chi connectivity index (χ0) is 26.3. The molecule has 0 bridgehead atoms. The predicted molar refractivity (Wildman–Crippen MR) is 133 cm³/mol. The zero-order valence-corrected chi connectivity index (χ0v) is 20.2. The maximum atomic E-state index is 13.6. The summed E-state index contributed by atoms with van der Waals surface area (Å²) in [6.45, 7) is 0. The van der Waals surface area contributed by atoms with Crippen molar-refractivity contribution in [1.82, 2.24) is 0 Å². The molecule has 2 heterocycles. The third-order valence-corrected chi connectivity index (χ3v) is 6.40. The molecule has 1 atom stereocenters. The molecule has 3 aromatic carbocycles. The number of hydrogen-bond acceptors (Lipinski definition) is 9. The van der Waals surface area contributed by atoms with Crippen LogP contribution in [0.1, 0.15) is 33.8 Å². The molecule has 0 unspecified atom stereocenters. The molecule has 0 saturated heterocycles. The number of phenolic OH excluding ortho intramolecular Hbond substituents is 1.